The van der Waals surface area contributed by atoms with E-state index in [1.165, 1.54) is 24.3 Å². The van der Waals surface area contributed by atoms with Crippen molar-refractivity contribution in [2.45, 2.75) is 0 Å². The molecule has 110 valence electrons. The molecule has 0 aromatic heterocycles. The van der Waals surface area contributed by atoms with Gasteiger partial charge in [-0.05, 0) is 81.1 Å². The van der Waals surface area contributed by atoms with Crippen LogP contribution in [-0.4, -0.2) is 10.0 Å². The van der Waals surface area contributed by atoms with Gasteiger partial charge in [-0.15, -0.1) is 0 Å². The number of benzene rings is 2. The predicted octanol–water partition coefficient (Wildman–Crippen LogP) is 4.57. The van der Waals surface area contributed by atoms with Gasteiger partial charge in [0.05, 0.1) is 20.1 Å². The number of nitro benzene ring substituents is 1. The molecule has 0 spiro atoms. The quantitative estimate of drug-likeness (QED) is 0.212. The highest BCUT2D eigenvalue weighted by Crippen LogP contribution is 2.30. The molecule has 0 aliphatic heterocycles. The van der Waals surface area contributed by atoms with E-state index in [4.69, 9.17) is 0 Å². The number of rotatable bonds is 3. The number of phenolic OH excluding ortho intramolecular Hbond substituents is 1. The van der Waals surface area contributed by atoms with Gasteiger partial charge in [0.25, 0.3) is 5.69 Å². The minimum absolute atomic E-state index is 0.0345. The summed E-state index contributed by atoms with van der Waals surface area (Å²) in [6.45, 7) is 0. The molecule has 0 heterocycles. The van der Waals surface area contributed by atoms with Gasteiger partial charge in [0.1, 0.15) is 5.75 Å². The lowest BCUT2D eigenvalue weighted by Gasteiger charge is -2.05. The third-order valence-electron chi connectivity index (χ3n) is 2.87. The van der Waals surface area contributed by atoms with Gasteiger partial charge in [-0.3, -0.25) is 10.1 Å². The van der Waals surface area contributed by atoms with E-state index in [-0.39, 0.29) is 11.4 Å². The van der Waals surface area contributed by atoms with E-state index >= 15 is 0 Å². The fourth-order valence-corrected chi connectivity index (χ4v) is 3.68. The first-order chi connectivity index (χ1) is 10.4. The molecule has 5 nitrogen and oxygen atoms in total. The van der Waals surface area contributed by atoms with Crippen LogP contribution in [0.25, 0.3) is 11.6 Å². The van der Waals surface area contributed by atoms with Crippen LogP contribution in [-0.2, 0) is 0 Å². The van der Waals surface area contributed by atoms with Crippen LogP contribution in [0.15, 0.2) is 36.4 Å². The van der Waals surface area contributed by atoms with Crippen LogP contribution in [0.4, 0.5) is 5.69 Å². The molecule has 0 fully saturated rings. The Hall–Kier alpha value is -1.67. The minimum atomic E-state index is -0.493. The lowest BCUT2D eigenvalue weighted by Crippen LogP contribution is -1.89. The second kappa shape index (κ2) is 7.06. The van der Waals surface area contributed by atoms with Crippen molar-refractivity contribution in [2.75, 3.05) is 0 Å². The maximum atomic E-state index is 10.7. The maximum Gasteiger partial charge on any atom is 0.269 e. The van der Waals surface area contributed by atoms with Crippen molar-refractivity contribution in [1.82, 2.24) is 0 Å². The van der Waals surface area contributed by atoms with Gasteiger partial charge in [0.15, 0.2) is 0 Å². The van der Waals surface area contributed by atoms with Crippen LogP contribution in [0, 0.1) is 28.6 Å². The number of hydrogen-bond acceptors (Lipinski definition) is 4. The molecule has 0 amide bonds. The largest absolute Gasteiger partial charge is 0.506 e. The highest BCUT2D eigenvalue weighted by Gasteiger charge is 2.10. The fraction of sp³-hybridized carbons (Fsp3) is 0. The number of phenols is 1. The molecule has 7 heteroatoms. The van der Waals surface area contributed by atoms with Gasteiger partial charge in [0, 0.05) is 21.3 Å². The van der Waals surface area contributed by atoms with Crippen LogP contribution in [0.3, 0.4) is 0 Å². The fourth-order valence-electron chi connectivity index (χ4n) is 1.79. The Kier molecular flexibility index (Phi) is 5.36. The predicted molar refractivity (Wildman–Crippen MR) is 100 cm³/mol. The summed E-state index contributed by atoms with van der Waals surface area (Å²) in [4.78, 5) is 10.2. The number of nitrogens with zero attached hydrogens (tertiary/aromatic N) is 2. The van der Waals surface area contributed by atoms with E-state index in [0.717, 1.165) is 3.57 Å². The zero-order valence-electron chi connectivity index (χ0n) is 11.0. The lowest BCUT2D eigenvalue weighted by molar-refractivity contribution is -0.384. The van der Waals surface area contributed by atoms with Gasteiger partial charge in [-0.25, -0.2) is 0 Å². The third kappa shape index (κ3) is 3.75. The van der Waals surface area contributed by atoms with E-state index in [0.29, 0.717) is 20.3 Å². The van der Waals surface area contributed by atoms with Gasteiger partial charge >= 0.3 is 0 Å². The normalized spacial score (nSPS) is 11.0. The molecule has 0 aliphatic rings. The van der Waals surface area contributed by atoms with Crippen molar-refractivity contribution in [1.29, 1.82) is 5.26 Å². The summed E-state index contributed by atoms with van der Waals surface area (Å²) in [5.41, 5.74) is 1.38. The van der Waals surface area contributed by atoms with Crippen molar-refractivity contribution in [3.8, 4) is 11.8 Å². The van der Waals surface area contributed by atoms with Crippen molar-refractivity contribution in [3.63, 3.8) is 0 Å². The zero-order valence-corrected chi connectivity index (χ0v) is 15.3. The molecular formula is C15H8I2N2O3. The summed E-state index contributed by atoms with van der Waals surface area (Å²) in [6, 6.07) is 11.4. The first-order valence-electron chi connectivity index (χ1n) is 5.97. The minimum Gasteiger partial charge on any atom is -0.506 e. The molecule has 1 N–H and O–H groups in total. The van der Waals surface area contributed by atoms with Crippen LogP contribution in [0.1, 0.15) is 11.1 Å². The Morgan fingerprint density at radius 2 is 1.91 bits per heavy atom. The van der Waals surface area contributed by atoms with E-state index in [9.17, 15) is 20.5 Å². The molecule has 2 aromatic rings. The van der Waals surface area contributed by atoms with E-state index in [2.05, 4.69) is 28.7 Å². The zero-order chi connectivity index (χ0) is 16.3. The number of non-ortho nitro benzene ring substituents is 1. The summed E-state index contributed by atoms with van der Waals surface area (Å²) in [5.74, 6) is 0.107. The molecule has 0 aliphatic carbocycles. The number of aromatic hydroxyl groups is 1. The molecule has 2 rings (SSSR count). The Morgan fingerprint density at radius 1 is 1.27 bits per heavy atom. The number of halogens is 2. The van der Waals surface area contributed by atoms with Crippen molar-refractivity contribution < 1.29 is 10.0 Å². The van der Waals surface area contributed by atoms with Crippen molar-refractivity contribution in [2.24, 2.45) is 0 Å². The summed E-state index contributed by atoms with van der Waals surface area (Å²) in [7, 11) is 0. The molecule has 0 unspecified atom stereocenters. The second-order valence-electron chi connectivity index (χ2n) is 4.30. The van der Waals surface area contributed by atoms with Crippen LogP contribution < -0.4 is 0 Å². The Morgan fingerprint density at radius 3 is 2.45 bits per heavy atom. The summed E-state index contributed by atoms with van der Waals surface area (Å²) in [5, 5.41) is 30.0. The van der Waals surface area contributed by atoms with E-state index in [1.54, 1.807) is 12.1 Å². The Labute approximate surface area is 153 Å². The maximum absolute atomic E-state index is 10.7. The molecule has 0 saturated carbocycles. The van der Waals surface area contributed by atoms with Crippen LogP contribution >= 0.6 is 45.2 Å². The summed E-state index contributed by atoms with van der Waals surface area (Å²) < 4.78 is 1.63. The monoisotopic (exact) mass is 518 g/mol. The highest BCUT2D eigenvalue weighted by atomic mass is 127. The number of nitro groups is 1. The van der Waals surface area contributed by atoms with Gasteiger partial charge in [-0.1, -0.05) is 0 Å². The first kappa shape index (κ1) is 16.7. The first-order valence-corrected chi connectivity index (χ1v) is 8.12. The van der Waals surface area contributed by atoms with Crippen LogP contribution in [0.5, 0.6) is 5.75 Å². The number of hydrogen-bond donors (Lipinski definition) is 1. The molecule has 0 saturated heterocycles. The van der Waals surface area contributed by atoms with Crippen molar-refractivity contribution in [3.05, 3.63) is 64.8 Å². The number of allylic oxidation sites excluding steroid dienone is 1. The number of nitriles is 1. The van der Waals surface area contributed by atoms with Crippen LogP contribution in [0.2, 0.25) is 0 Å². The standard InChI is InChI=1S/C15H8I2N2O3/c16-12-6-10(15(20)14(17)7-12)5-11(8-18)9-1-3-13(4-2-9)19(21)22/h1-7,20H/b11-5-. The van der Waals surface area contributed by atoms with Gasteiger partial charge in [-0.2, -0.15) is 5.26 Å². The average Bonchev–Trinajstić information content (AvgIpc) is 2.49. The topological polar surface area (TPSA) is 87.2 Å². The van der Waals surface area contributed by atoms with Crippen molar-refractivity contribution >= 4 is 62.5 Å². The molecule has 0 radical (unpaired) electrons. The lowest BCUT2D eigenvalue weighted by atomic mass is 10.0. The summed E-state index contributed by atoms with van der Waals surface area (Å²) >= 11 is 4.15. The molecular weight excluding hydrogens is 510 g/mol. The third-order valence-corrected chi connectivity index (χ3v) is 4.31. The van der Waals surface area contributed by atoms with Gasteiger partial charge < -0.3 is 5.11 Å². The SMILES string of the molecule is N#C/C(=C/c1cc(I)cc(I)c1O)c1ccc([N+](=O)[O-])cc1. The molecule has 0 bridgehead atoms. The van der Waals surface area contributed by atoms with Gasteiger partial charge in [0.2, 0.25) is 0 Å². The molecule has 22 heavy (non-hydrogen) atoms. The van der Waals surface area contributed by atoms with E-state index in [1.807, 2.05) is 28.7 Å². The Balaban J connectivity index is 2.48. The summed E-state index contributed by atoms with van der Waals surface area (Å²) in [6.07, 6.45) is 1.57. The highest BCUT2D eigenvalue weighted by molar-refractivity contribution is 14.1. The molecule has 2 aromatic carbocycles. The Bertz CT molecular complexity index is 809. The van der Waals surface area contributed by atoms with E-state index < -0.39 is 4.92 Å². The average molecular weight is 518 g/mol. The second-order valence-corrected chi connectivity index (χ2v) is 6.71. The smallest absolute Gasteiger partial charge is 0.269 e. The molecule has 0 atom stereocenters.